The number of nitrogens with one attached hydrogen (secondary N) is 2. The predicted molar refractivity (Wildman–Crippen MR) is 67.6 cm³/mol. The maximum absolute atomic E-state index is 12.1. The van der Waals surface area contributed by atoms with Crippen molar-refractivity contribution in [3.8, 4) is 0 Å². The highest BCUT2D eigenvalue weighted by atomic mass is 32.2. The van der Waals surface area contributed by atoms with Crippen molar-refractivity contribution in [2.75, 3.05) is 6.54 Å². The molecule has 1 aromatic heterocycles. The summed E-state index contributed by atoms with van der Waals surface area (Å²) in [5, 5.41) is 12.9. The molecule has 0 saturated carbocycles. The van der Waals surface area contributed by atoms with Gasteiger partial charge < -0.3 is 10.4 Å². The minimum atomic E-state index is -3.88. The van der Waals surface area contributed by atoms with Gasteiger partial charge in [-0.05, 0) is 17.9 Å². The van der Waals surface area contributed by atoms with E-state index in [0.717, 1.165) is 11.3 Å². The zero-order chi connectivity index (χ0) is 14.0. The van der Waals surface area contributed by atoms with Gasteiger partial charge in [0.25, 0.3) is 0 Å². The first-order valence-corrected chi connectivity index (χ1v) is 7.86. The lowest BCUT2D eigenvalue weighted by Crippen LogP contribution is -2.47. The number of piperidine rings is 1. The van der Waals surface area contributed by atoms with Crippen molar-refractivity contribution >= 4 is 33.2 Å². The van der Waals surface area contributed by atoms with E-state index in [2.05, 4.69) is 10.0 Å². The van der Waals surface area contributed by atoms with Crippen LogP contribution in [0.5, 0.6) is 0 Å². The van der Waals surface area contributed by atoms with Gasteiger partial charge in [0, 0.05) is 19.0 Å². The third kappa shape index (κ3) is 3.11. The summed E-state index contributed by atoms with van der Waals surface area (Å²) in [4.78, 5) is 21.5. The Morgan fingerprint density at radius 1 is 1.53 bits per heavy atom. The van der Waals surface area contributed by atoms with Crippen LogP contribution < -0.4 is 10.0 Å². The summed E-state index contributed by atoms with van der Waals surface area (Å²) in [6.07, 6.45) is 0.653. The lowest BCUT2D eigenvalue weighted by Gasteiger charge is -2.23. The Balaban J connectivity index is 2.16. The largest absolute Gasteiger partial charge is 0.477 e. The van der Waals surface area contributed by atoms with Crippen LogP contribution in [0.15, 0.2) is 16.3 Å². The maximum atomic E-state index is 12.1. The van der Waals surface area contributed by atoms with Crippen molar-refractivity contribution in [3.05, 3.63) is 16.3 Å². The first-order chi connectivity index (χ1) is 8.90. The van der Waals surface area contributed by atoms with Crippen LogP contribution in [0.4, 0.5) is 0 Å². The number of sulfonamides is 1. The summed E-state index contributed by atoms with van der Waals surface area (Å²) in [5.41, 5.74) is 0. The minimum Gasteiger partial charge on any atom is -0.477 e. The summed E-state index contributed by atoms with van der Waals surface area (Å²) < 4.78 is 26.6. The van der Waals surface area contributed by atoms with Crippen molar-refractivity contribution in [3.63, 3.8) is 0 Å². The third-order valence-corrected chi connectivity index (χ3v) is 5.29. The number of carbonyl (C=O) groups excluding carboxylic acids is 1. The van der Waals surface area contributed by atoms with E-state index in [1.54, 1.807) is 0 Å². The van der Waals surface area contributed by atoms with E-state index in [9.17, 15) is 18.0 Å². The normalized spacial score (nSPS) is 20.0. The molecule has 0 bridgehead atoms. The second-order valence-corrected chi connectivity index (χ2v) is 6.68. The highest BCUT2D eigenvalue weighted by Gasteiger charge is 2.28. The molecule has 1 saturated heterocycles. The molecule has 1 atom stereocenters. The lowest BCUT2D eigenvalue weighted by molar-refractivity contribution is -0.122. The standard InChI is InChI=1S/C10H12N2O5S2/c13-8-2-1-6(5-11-8)12-19(16,17)7-3-4-18-9(7)10(14)15/h3-4,6,12H,1-2,5H2,(H,11,13)(H,14,15). The van der Waals surface area contributed by atoms with E-state index in [-0.39, 0.29) is 28.6 Å². The van der Waals surface area contributed by atoms with E-state index in [1.807, 2.05) is 0 Å². The zero-order valence-electron chi connectivity index (χ0n) is 9.75. The molecule has 9 heteroatoms. The summed E-state index contributed by atoms with van der Waals surface area (Å²) in [6, 6.07) is 0.849. The molecule has 1 unspecified atom stereocenters. The van der Waals surface area contributed by atoms with Gasteiger partial charge in [-0.2, -0.15) is 0 Å². The van der Waals surface area contributed by atoms with E-state index in [0.29, 0.717) is 6.42 Å². The Labute approximate surface area is 113 Å². The molecule has 0 aliphatic carbocycles. The first kappa shape index (κ1) is 14.0. The fourth-order valence-corrected chi connectivity index (χ4v) is 4.31. The van der Waals surface area contributed by atoms with Gasteiger partial charge in [0.1, 0.15) is 9.77 Å². The first-order valence-electron chi connectivity index (χ1n) is 5.50. The molecule has 1 amide bonds. The van der Waals surface area contributed by atoms with Crippen LogP contribution in [0.2, 0.25) is 0 Å². The third-order valence-electron chi connectivity index (χ3n) is 2.70. The summed E-state index contributed by atoms with van der Waals surface area (Å²) in [5.74, 6) is -1.38. The molecule has 2 heterocycles. The number of carboxylic acids is 1. The number of rotatable bonds is 4. The molecule has 1 aromatic rings. The SMILES string of the molecule is O=C1CCC(NS(=O)(=O)c2ccsc2C(=O)O)CN1. The molecular weight excluding hydrogens is 292 g/mol. The Kier molecular flexibility index (Phi) is 3.88. The van der Waals surface area contributed by atoms with Crippen LogP contribution in [0, 0.1) is 0 Å². The van der Waals surface area contributed by atoms with Crippen molar-refractivity contribution in [2.45, 2.75) is 23.8 Å². The predicted octanol–water partition coefficient (Wildman–Crippen LogP) is 0.00320. The molecule has 1 fully saturated rings. The van der Waals surface area contributed by atoms with Crippen molar-refractivity contribution in [1.82, 2.24) is 10.0 Å². The smallest absolute Gasteiger partial charge is 0.347 e. The molecule has 104 valence electrons. The maximum Gasteiger partial charge on any atom is 0.347 e. The lowest BCUT2D eigenvalue weighted by atomic mass is 10.1. The average molecular weight is 304 g/mol. The Morgan fingerprint density at radius 2 is 2.26 bits per heavy atom. The topological polar surface area (TPSA) is 113 Å². The van der Waals surface area contributed by atoms with Crippen molar-refractivity contribution < 1.29 is 23.1 Å². The van der Waals surface area contributed by atoms with Crippen molar-refractivity contribution in [2.24, 2.45) is 0 Å². The Hall–Kier alpha value is -1.45. The summed E-state index contributed by atoms with van der Waals surface area (Å²) in [6.45, 7) is 0.213. The Morgan fingerprint density at radius 3 is 2.84 bits per heavy atom. The van der Waals surface area contributed by atoms with Gasteiger partial charge in [-0.1, -0.05) is 0 Å². The van der Waals surface area contributed by atoms with E-state index in [1.165, 1.54) is 11.4 Å². The molecule has 7 nitrogen and oxygen atoms in total. The molecule has 1 aliphatic rings. The van der Waals surface area contributed by atoms with Gasteiger partial charge >= 0.3 is 5.97 Å². The molecule has 1 aliphatic heterocycles. The fraction of sp³-hybridized carbons (Fsp3) is 0.400. The van der Waals surface area contributed by atoms with Crippen LogP contribution >= 0.6 is 11.3 Å². The van der Waals surface area contributed by atoms with Gasteiger partial charge in [-0.3, -0.25) is 4.79 Å². The Bertz CT molecular complexity index is 597. The summed E-state index contributed by atoms with van der Waals surface area (Å²) >= 11 is 0.858. The minimum absolute atomic E-state index is 0.114. The number of hydrogen-bond acceptors (Lipinski definition) is 5. The number of carbonyl (C=O) groups is 2. The van der Waals surface area contributed by atoms with Crippen LogP contribution in [0.25, 0.3) is 0 Å². The number of thiophene rings is 1. The van der Waals surface area contributed by atoms with Gasteiger partial charge in [0.05, 0.1) is 0 Å². The highest BCUT2D eigenvalue weighted by Crippen LogP contribution is 2.22. The molecule has 0 radical (unpaired) electrons. The fourth-order valence-electron chi connectivity index (χ4n) is 1.78. The molecule has 0 aromatic carbocycles. The number of hydrogen-bond donors (Lipinski definition) is 3. The average Bonchev–Trinajstić information content (AvgIpc) is 2.82. The molecule has 2 rings (SSSR count). The van der Waals surface area contributed by atoms with Crippen LogP contribution in [-0.4, -0.2) is 38.0 Å². The second kappa shape index (κ2) is 5.27. The van der Waals surface area contributed by atoms with E-state index in [4.69, 9.17) is 5.11 Å². The van der Waals surface area contributed by atoms with Crippen LogP contribution in [-0.2, 0) is 14.8 Å². The molecular formula is C10H12N2O5S2. The second-order valence-electron chi connectivity index (χ2n) is 4.08. The molecule has 3 N–H and O–H groups in total. The van der Waals surface area contributed by atoms with E-state index >= 15 is 0 Å². The number of aromatic carboxylic acids is 1. The van der Waals surface area contributed by atoms with Gasteiger partial charge in [-0.15, -0.1) is 11.3 Å². The molecule has 0 spiro atoms. The van der Waals surface area contributed by atoms with Crippen LogP contribution in [0.1, 0.15) is 22.5 Å². The van der Waals surface area contributed by atoms with Gasteiger partial charge in [0.2, 0.25) is 15.9 Å². The monoisotopic (exact) mass is 304 g/mol. The quantitative estimate of drug-likeness (QED) is 0.725. The summed E-state index contributed by atoms with van der Waals surface area (Å²) in [7, 11) is -3.88. The van der Waals surface area contributed by atoms with Gasteiger partial charge in [0.15, 0.2) is 0 Å². The van der Waals surface area contributed by atoms with Crippen molar-refractivity contribution in [1.29, 1.82) is 0 Å². The number of carboxylic acid groups (broad SMARTS) is 1. The van der Waals surface area contributed by atoms with E-state index < -0.39 is 22.0 Å². The zero-order valence-corrected chi connectivity index (χ0v) is 11.4. The van der Waals surface area contributed by atoms with Gasteiger partial charge in [-0.25, -0.2) is 17.9 Å². The number of amides is 1. The molecule has 19 heavy (non-hydrogen) atoms. The van der Waals surface area contributed by atoms with Crippen LogP contribution in [0.3, 0.4) is 0 Å². The highest BCUT2D eigenvalue weighted by molar-refractivity contribution is 7.89.